The van der Waals surface area contributed by atoms with E-state index in [2.05, 4.69) is 5.32 Å². The van der Waals surface area contributed by atoms with Gasteiger partial charge >= 0.3 is 0 Å². The highest BCUT2D eigenvalue weighted by Crippen LogP contribution is 2.18. The number of nitrogens with two attached hydrogens (primary N) is 1. The van der Waals surface area contributed by atoms with Crippen LogP contribution in [0.1, 0.15) is 22.8 Å². The van der Waals surface area contributed by atoms with Crippen LogP contribution in [-0.4, -0.2) is 24.1 Å². The molecule has 1 atom stereocenters. The summed E-state index contributed by atoms with van der Waals surface area (Å²) < 4.78 is 0. The number of benzene rings is 1. The first-order chi connectivity index (χ1) is 7.54. The van der Waals surface area contributed by atoms with Crippen molar-refractivity contribution in [2.75, 3.05) is 13.1 Å². The smallest absolute Gasteiger partial charge is 0.255 e. The van der Waals surface area contributed by atoms with Gasteiger partial charge in [-0.15, -0.1) is 0 Å². The Morgan fingerprint density at radius 2 is 2.25 bits per heavy atom. The van der Waals surface area contributed by atoms with Crippen LogP contribution in [0.2, 0.25) is 0 Å². The minimum Gasteiger partial charge on any atom is -0.507 e. The van der Waals surface area contributed by atoms with E-state index >= 15 is 0 Å². The molecule has 4 nitrogen and oxygen atoms in total. The van der Waals surface area contributed by atoms with Crippen molar-refractivity contribution >= 4 is 5.91 Å². The first kappa shape index (κ1) is 12.5. The number of phenols is 1. The fraction of sp³-hybridized carbons (Fsp3) is 0.417. The largest absolute Gasteiger partial charge is 0.507 e. The molecule has 1 amide bonds. The van der Waals surface area contributed by atoms with Gasteiger partial charge in [-0.05, 0) is 37.1 Å². The van der Waals surface area contributed by atoms with Crippen molar-refractivity contribution in [2.24, 2.45) is 11.7 Å². The lowest BCUT2D eigenvalue weighted by Crippen LogP contribution is -2.31. The maximum Gasteiger partial charge on any atom is 0.255 e. The maximum atomic E-state index is 11.7. The lowest BCUT2D eigenvalue weighted by atomic mass is 10.1. The fourth-order valence-electron chi connectivity index (χ4n) is 1.28. The number of amides is 1. The molecule has 4 heteroatoms. The van der Waals surface area contributed by atoms with Crippen molar-refractivity contribution in [2.45, 2.75) is 13.8 Å². The molecule has 0 spiro atoms. The van der Waals surface area contributed by atoms with Gasteiger partial charge in [0.05, 0.1) is 5.56 Å². The standard InChI is InChI=1S/C12H18N2O2/c1-8-3-4-10(11(15)5-8)12(16)14-7-9(2)6-13/h3-5,9,15H,6-7,13H2,1-2H3,(H,14,16). The van der Waals surface area contributed by atoms with Gasteiger partial charge in [0.15, 0.2) is 0 Å². The van der Waals surface area contributed by atoms with E-state index in [0.717, 1.165) is 5.56 Å². The zero-order valence-electron chi connectivity index (χ0n) is 9.66. The van der Waals surface area contributed by atoms with Crippen molar-refractivity contribution < 1.29 is 9.90 Å². The number of hydrogen-bond acceptors (Lipinski definition) is 3. The minimum absolute atomic E-state index is 0.0119. The van der Waals surface area contributed by atoms with Crippen LogP contribution in [0.15, 0.2) is 18.2 Å². The van der Waals surface area contributed by atoms with E-state index in [1.54, 1.807) is 18.2 Å². The molecule has 0 heterocycles. The lowest BCUT2D eigenvalue weighted by molar-refractivity contribution is 0.0946. The van der Waals surface area contributed by atoms with Crippen molar-refractivity contribution in [3.8, 4) is 5.75 Å². The number of carbonyl (C=O) groups is 1. The molecular weight excluding hydrogens is 204 g/mol. The Balaban J connectivity index is 2.66. The summed E-state index contributed by atoms with van der Waals surface area (Å²) >= 11 is 0. The average molecular weight is 222 g/mol. The highest BCUT2D eigenvalue weighted by molar-refractivity contribution is 5.96. The number of carbonyl (C=O) groups excluding carboxylic acids is 1. The van der Waals surface area contributed by atoms with Crippen LogP contribution in [0.5, 0.6) is 5.75 Å². The number of aromatic hydroxyl groups is 1. The Hall–Kier alpha value is -1.55. The van der Waals surface area contributed by atoms with Gasteiger partial charge in [0, 0.05) is 6.54 Å². The Labute approximate surface area is 95.5 Å². The van der Waals surface area contributed by atoms with Gasteiger partial charge in [-0.1, -0.05) is 13.0 Å². The number of rotatable bonds is 4. The summed E-state index contributed by atoms with van der Waals surface area (Å²) in [7, 11) is 0. The van der Waals surface area contributed by atoms with Crippen LogP contribution in [0.3, 0.4) is 0 Å². The Bertz CT molecular complexity index is 377. The second-order valence-corrected chi connectivity index (χ2v) is 4.07. The third-order valence-corrected chi connectivity index (χ3v) is 2.41. The zero-order valence-corrected chi connectivity index (χ0v) is 9.66. The molecule has 0 saturated carbocycles. The van der Waals surface area contributed by atoms with E-state index in [1.165, 1.54) is 0 Å². The Morgan fingerprint density at radius 1 is 1.56 bits per heavy atom. The van der Waals surface area contributed by atoms with E-state index in [0.29, 0.717) is 18.7 Å². The molecule has 1 aromatic rings. The predicted octanol–water partition coefficient (Wildman–Crippen LogP) is 1.03. The van der Waals surface area contributed by atoms with Crippen LogP contribution in [0.25, 0.3) is 0 Å². The van der Waals surface area contributed by atoms with Crippen molar-refractivity contribution in [1.82, 2.24) is 5.32 Å². The molecule has 0 fully saturated rings. The van der Waals surface area contributed by atoms with Crippen LogP contribution >= 0.6 is 0 Å². The van der Waals surface area contributed by atoms with Crippen LogP contribution in [0.4, 0.5) is 0 Å². The van der Waals surface area contributed by atoms with Gasteiger partial charge in [0.25, 0.3) is 5.91 Å². The summed E-state index contributed by atoms with van der Waals surface area (Å²) in [6, 6.07) is 4.98. The van der Waals surface area contributed by atoms with Crippen molar-refractivity contribution in [1.29, 1.82) is 0 Å². The third kappa shape index (κ3) is 3.24. The second kappa shape index (κ2) is 5.51. The van der Waals surface area contributed by atoms with Gasteiger partial charge in [-0.2, -0.15) is 0 Å². The van der Waals surface area contributed by atoms with Crippen LogP contribution in [-0.2, 0) is 0 Å². The quantitative estimate of drug-likeness (QED) is 0.712. The summed E-state index contributed by atoms with van der Waals surface area (Å²) in [6.45, 7) is 4.86. The third-order valence-electron chi connectivity index (χ3n) is 2.41. The molecule has 1 rings (SSSR count). The van der Waals surface area contributed by atoms with Gasteiger partial charge < -0.3 is 16.2 Å². The fourth-order valence-corrected chi connectivity index (χ4v) is 1.28. The monoisotopic (exact) mass is 222 g/mol. The molecule has 88 valence electrons. The summed E-state index contributed by atoms with van der Waals surface area (Å²) in [5.41, 5.74) is 6.67. The second-order valence-electron chi connectivity index (χ2n) is 4.07. The summed E-state index contributed by atoms with van der Waals surface area (Å²) in [4.78, 5) is 11.7. The van der Waals surface area contributed by atoms with Gasteiger partial charge in [0.2, 0.25) is 0 Å². The summed E-state index contributed by atoms with van der Waals surface area (Å²) in [5.74, 6) is -0.0211. The van der Waals surface area contributed by atoms with E-state index in [-0.39, 0.29) is 17.6 Å². The molecule has 0 aliphatic rings. The lowest BCUT2D eigenvalue weighted by Gasteiger charge is -2.11. The maximum absolute atomic E-state index is 11.7. The van der Waals surface area contributed by atoms with E-state index < -0.39 is 0 Å². The Kier molecular flexibility index (Phi) is 4.31. The average Bonchev–Trinajstić information content (AvgIpc) is 2.25. The molecule has 0 saturated heterocycles. The van der Waals surface area contributed by atoms with Gasteiger partial charge in [-0.3, -0.25) is 4.79 Å². The summed E-state index contributed by atoms with van der Waals surface area (Å²) in [6.07, 6.45) is 0. The number of nitrogens with one attached hydrogen (secondary N) is 1. The first-order valence-electron chi connectivity index (χ1n) is 5.32. The minimum atomic E-state index is -0.266. The molecule has 4 N–H and O–H groups in total. The van der Waals surface area contributed by atoms with E-state index in [4.69, 9.17) is 5.73 Å². The molecule has 0 radical (unpaired) electrons. The molecule has 0 aliphatic heterocycles. The molecule has 16 heavy (non-hydrogen) atoms. The molecule has 0 aromatic heterocycles. The van der Waals surface area contributed by atoms with Crippen LogP contribution < -0.4 is 11.1 Å². The Morgan fingerprint density at radius 3 is 2.81 bits per heavy atom. The molecular formula is C12H18N2O2. The normalized spacial score (nSPS) is 12.2. The number of hydrogen-bond donors (Lipinski definition) is 3. The molecule has 1 unspecified atom stereocenters. The molecule has 0 bridgehead atoms. The van der Waals surface area contributed by atoms with Gasteiger partial charge in [-0.25, -0.2) is 0 Å². The highest BCUT2D eigenvalue weighted by Gasteiger charge is 2.11. The molecule has 1 aromatic carbocycles. The molecule has 0 aliphatic carbocycles. The zero-order chi connectivity index (χ0) is 12.1. The highest BCUT2D eigenvalue weighted by atomic mass is 16.3. The number of aryl methyl sites for hydroxylation is 1. The predicted molar refractivity (Wildman–Crippen MR) is 63.4 cm³/mol. The van der Waals surface area contributed by atoms with E-state index in [9.17, 15) is 9.90 Å². The number of phenolic OH excluding ortho intramolecular Hbond substituents is 1. The van der Waals surface area contributed by atoms with Crippen LogP contribution in [0, 0.1) is 12.8 Å². The SMILES string of the molecule is Cc1ccc(C(=O)NCC(C)CN)c(O)c1. The topological polar surface area (TPSA) is 75.4 Å². The van der Waals surface area contributed by atoms with Crippen molar-refractivity contribution in [3.05, 3.63) is 29.3 Å². The summed E-state index contributed by atoms with van der Waals surface area (Å²) in [5, 5.41) is 12.3. The van der Waals surface area contributed by atoms with E-state index in [1.807, 2.05) is 13.8 Å². The van der Waals surface area contributed by atoms with Gasteiger partial charge in [0.1, 0.15) is 5.75 Å². The van der Waals surface area contributed by atoms with Crippen molar-refractivity contribution in [3.63, 3.8) is 0 Å². The first-order valence-corrected chi connectivity index (χ1v) is 5.32.